The van der Waals surface area contributed by atoms with E-state index in [-0.39, 0.29) is 5.91 Å². The van der Waals surface area contributed by atoms with Crippen molar-refractivity contribution in [2.24, 2.45) is 0 Å². The van der Waals surface area contributed by atoms with Gasteiger partial charge in [0.25, 0.3) is 5.91 Å². The van der Waals surface area contributed by atoms with Gasteiger partial charge in [-0.1, -0.05) is 24.3 Å². The van der Waals surface area contributed by atoms with Crippen molar-refractivity contribution >= 4 is 11.6 Å². The molecule has 0 bridgehead atoms. The summed E-state index contributed by atoms with van der Waals surface area (Å²) in [5.41, 5.74) is 4.24. The lowest BCUT2D eigenvalue weighted by molar-refractivity contribution is -0.122. The van der Waals surface area contributed by atoms with Gasteiger partial charge >= 0.3 is 0 Å². The largest absolute Gasteiger partial charge is 0.481 e. The molecule has 3 aromatic rings. The zero-order chi connectivity index (χ0) is 18.4. The summed E-state index contributed by atoms with van der Waals surface area (Å²) in [7, 11) is 0. The van der Waals surface area contributed by atoms with Gasteiger partial charge in [0.2, 0.25) is 0 Å². The Balaban J connectivity index is 1.57. The molecule has 132 valence electrons. The minimum Gasteiger partial charge on any atom is -0.481 e. The molecule has 0 fully saturated rings. The molecule has 3 rings (SSSR count). The summed E-state index contributed by atoms with van der Waals surface area (Å²) in [6.45, 7) is 3.74. The van der Waals surface area contributed by atoms with Crippen LogP contribution >= 0.6 is 0 Å². The van der Waals surface area contributed by atoms with E-state index in [0.29, 0.717) is 5.75 Å². The lowest BCUT2D eigenvalue weighted by Crippen LogP contribution is -2.30. The fourth-order valence-corrected chi connectivity index (χ4v) is 2.63. The monoisotopic (exact) mass is 346 g/mol. The van der Waals surface area contributed by atoms with Gasteiger partial charge in [0.15, 0.2) is 6.10 Å². The molecule has 1 atom stereocenters. The van der Waals surface area contributed by atoms with Crippen LogP contribution < -0.4 is 10.1 Å². The van der Waals surface area contributed by atoms with E-state index in [1.54, 1.807) is 19.3 Å². The number of nitrogens with zero attached hydrogens (tertiary/aromatic N) is 1. The molecule has 4 heteroatoms. The maximum Gasteiger partial charge on any atom is 0.265 e. The summed E-state index contributed by atoms with van der Waals surface area (Å²) in [6.07, 6.45) is 3.84. The van der Waals surface area contributed by atoms with Crippen molar-refractivity contribution in [1.82, 2.24) is 4.98 Å². The summed E-state index contributed by atoms with van der Waals surface area (Å²) >= 11 is 0. The molecule has 0 saturated carbocycles. The van der Waals surface area contributed by atoms with Crippen LogP contribution in [-0.2, 0) is 11.2 Å². The molecule has 26 heavy (non-hydrogen) atoms. The van der Waals surface area contributed by atoms with E-state index >= 15 is 0 Å². The van der Waals surface area contributed by atoms with Crippen LogP contribution in [0, 0.1) is 6.92 Å². The Morgan fingerprint density at radius 2 is 1.73 bits per heavy atom. The number of ether oxygens (including phenoxy) is 1. The van der Waals surface area contributed by atoms with Gasteiger partial charge in [-0.25, -0.2) is 0 Å². The SMILES string of the molecule is Cc1cccc(O[C@@H](C)C(=O)Nc2ccc(Cc3ccncc3)cc2)c1. The van der Waals surface area contributed by atoms with Crippen molar-refractivity contribution in [2.45, 2.75) is 26.4 Å². The minimum atomic E-state index is -0.576. The number of pyridine rings is 1. The van der Waals surface area contributed by atoms with E-state index < -0.39 is 6.10 Å². The number of aryl methyl sites for hydroxylation is 1. The normalized spacial score (nSPS) is 11.6. The predicted octanol–water partition coefficient (Wildman–Crippen LogP) is 4.39. The van der Waals surface area contributed by atoms with Crippen molar-refractivity contribution in [2.75, 3.05) is 5.32 Å². The standard InChI is InChI=1S/C22H22N2O2/c1-16-4-3-5-21(14-16)26-17(2)22(25)24-20-8-6-18(7-9-20)15-19-10-12-23-13-11-19/h3-14,17H,15H2,1-2H3,(H,24,25)/t17-/m0/s1. The average Bonchev–Trinajstić information content (AvgIpc) is 2.64. The number of rotatable bonds is 6. The minimum absolute atomic E-state index is 0.173. The van der Waals surface area contributed by atoms with Crippen LogP contribution in [0.4, 0.5) is 5.69 Å². The van der Waals surface area contributed by atoms with Gasteiger partial charge in [-0.2, -0.15) is 0 Å². The predicted molar refractivity (Wildman–Crippen MR) is 103 cm³/mol. The first-order valence-electron chi connectivity index (χ1n) is 8.62. The van der Waals surface area contributed by atoms with Crippen LogP contribution in [0.2, 0.25) is 0 Å². The van der Waals surface area contributed by atoms with Crippen molar-refractivity contribution in [3.63, 3.8) is 0 Å². The quantitative estimate of drug-likeness (QED) is 0.720. The Morgan fingerprint density at radius 1 is 1.04 bits per heavy atom. The molecular formula is C22H22N2O2. The first-order valence-corrected chi connectivity index (χ1v) is 8.62. The van der Waals surface area contributed by atoms with Gasteiger partial charge in [-0.05, 0) is 73.4 Å². The smallest absolute Gasteiger partial charge is 0.265 e. The number of carbonyl (C=O) groups is 1. The van der Waals surface area contributed by atoms with Crippen LogP contribution in [0.1, 0.15) is 23.6 Å². The van der Waals surface area contributed by atoms with Crippen LogP contribution in [0.15, 0.2) is 73.1 Å². The molecule has 0 saturated heterocycles. The van der Waals surface area contributed by atoms with Gasteiger partial charge in [0, 0.05) is 18.1 Å². The topological polar surface area (TPSA) is 51.2 Å². The third-order valence-corrected chi connectivity index (χ3v) is 4.05. The Hall–Kier alpha value is -3.14. The summed E-state index contributed by atoms with van der Waals surface area (Å²) in [5.74, 6) is 0.522. The lowest BCUT2D eigenvalue weighted by atomic mass is 10.1. The number of amides is 1. The van der Waals surface area contributed by atoms with Gasteiger partial charge in [0.05, 0.1) is 0 Å². The number of benzene rings is 2. The highest BCUT2D eigenvalue weighted by molar-refractivity contribution is 5.94. The fraction of sp³-hybridized carbons (Fsp3) is 0.182. The molecule has 0 spiro atoms. The Morgan fingerprint density at radius 3 is 2.42 bits per heavy atom. The Bertz CT molecular complexity index is 861. The molecule has 1 amide bonds. The van der Waals surface area contributed by atoms with E-state index in [1.807, 2.05) is 67.6 Å². The van der Waals surface area contributed by atoms with Crippen molar-refractivity contribution in [3.05, 3.63) is 89.7 Å². The second-order valence-electron chi connectivity index (χ2n) is 6.29. The molecule has 0 aliphatic heterocycles. The van der Waals surface area contributed by atoms with Crippen molar-refractivity contribution in [3.8, 4) is 5.75 Å². The number of anilines is 1. The summed E-state index contributed by atoms with van der Waals surface area (Å²) < 4.78 is 5.71. The second-order valence-corrected chi connectivity index (χ2v) is 6.29. The Labute approximate surface area is 153 Å². The van der Waals surface area contributed by atoms with Crippen LogP contribution in [0.3, 0.4) is 0 Å². The molecule has 1 aromatic heterocycles. The summed E-state index contributed by atoms with van der Waals surface area (Å²) in [4.78, 5) is 16.4. The molecule has 0 unspecified atom stereocenters. The van der Waals surface area contributed by atoms with Gasteiger partial charge in [0.1, 0.15) is 5.75 Å². The fourth-order valence-electron chi connectivity index (χ4n) is 2.63. The molecule has 1 heterocycles. The maximum absolute atomic E-state index is 12.3. The van der Waals surface area contributed by atoms with E-state index in [1.165, 1.54) is 11.1 Å². The van der Waals surface area contributed by atoms with E-state index in [2.05, 4.69) is 10.3 Å². The number of nitrogens with one attached hydrogen (secondary N) is 1. The van der Waals surface area contributed by atoms with Gasteiger partial charge in [-0.15, -0.1) is 0 Å². The molecule has 0 radical (unpaired) electrons. The number of hydrogen-bond acceptors (Lipinski definition) is 3. The second kappa shape index (κ2) is 8.30. The molecular weight excluding hydrogens is 324 g/mol. The van der Waals surface area contributed by atoms with E-state index in [9.17, 15) is 4.79 Å². The van der Waals surface area contributed by atoms with E-state index in [0.717, 1.165) is 17.7 Å². The lowest BCUT2D eigenvalue weighted by Gasteiger charge is -2.15. The van der Waals surface area contributed by atoms with Crippen LogP contribution in [0.5, 0.6) is 5.75 Å². The number of carbonyl (C=O) groups excluding carboxylic acids is 1. The summed E-state index contributed by atoms with van der Waals surface area (Å²) in [6, 6.07) is 19.5. The summed E-state index contributed by atoms with van der Waals surface area (Å²) in [5, 5.41) is 2.89. The van der Waals surface area contributed by atoms with Crippen molar-refractivity contribution in [1.29, 1.82) is 0 Å². The van der Waals surface area contributed by atoms with Crippen LogP contribution in [-0.4, -0.2) is 17.0 Å². The van der Waals surface area contributed by atoms with Crippen molar-refractivity contribution < 1.29 is 9.53 Å². The molecule has 0 aliphatic carbocycles. The third-order valence-electron chi connectivity index (χ3n) is 4.05. The van der Waals surface area contributed by atoms with Gasteiger partial charge < -0.3 is 10.1 Å². The highest BCUT2D eigenvalue weighted by Crippen LogP contribution is 2.16. The zero-order valence-corrected chi connectivity index (χ0v) is 15.0. The highest BCUT2D eigenvalue weighted by Gasteiger charge is 2.15. The zero-order valence-electron chi connectivity index (χ0n) is 15.0. The number of hydrogen-bond donors (Lipinski definition) is 1. The Kier molecular flexibility index (Phi) is 5.64. The number of aromatic nitrogens is 1. The molecule has 0 aliphatic rings. The molecule has 2 aromatic carbocycles. The first kappa shape index (κ1) is 17.7. The third kappa shape index (κ3) is 4.93. The highest BCUT2D eigenvalue weighted by atomic mass is 16.5. The first-order chi connectivity index (χ1) is 12.6. The van der Waals surface area contributed by atoms with Crippen LogP contribution in [0.25, 0.3) is 0 Å². The maximum atomic E-state index is 12.3. The van der Waals surface area contributed by atoms with Gasteiger partial charge in [-0.3, -0.25) is 9.78 Å². The molecule has 1 N–H and O–H groups in total. The average molecular weight is 346 g/mol. The van der Waals surface area contributed by atoms with E-state index in [4.69, 9.17) is 4.74 Å². The molecule has 4 nitrogen and oxygen atoms in total.